The summed E-state index contributed by atoms with van der Waals surface area (Å²) in [5, 5.41) is -0.319. The van der Waals surface area contributed by atoms with Crippen molar-refractivity contribution in [2.75, 3.05) is 20.2 Å². The van der Waals surface area contributed by atoms with Crippen LogP contribution >= 0.6 is 209 Å². The lowest BCUT2D eigenvalue weighted by Gasteiger charge is -2.47. The highest BCUT2D eigenvalue weighted by molar-refractivity contribution is 6.68. The summed E-state index contributed by atoms with van der Waals surface area (Å²) in [6, 6.07) is 0. The molecular weight excluding hydrogens is 1380 g/mol. The number of imide groups is 3. The van der Waals surface area contributed by atoms with E-state index in [2.05, 4.69) is 0 Å². The number of carbonyl (C=O) groups is 6. The minimum absolute atomic E-state index is 0.0120. The zero-order valence-electron chi connectivity index (χ0n) is 38.8. The Hall–Kier alpha value is 1.80. The van der Waals surface area contributed by atoms with Crippen molar-refractivity contribution in [3.8, 4) is 0 Å². The average Bonchev–Trinajstić information content (AvgIpc) is 4.21. The van der Waals surface area contributed by atoms with Crippen molar-refractivity contribution in [2.45, 2.75) is 82.3 Å². The molecule has 6 amide bonds. The molecule has 6 saturated carbocycles. The molecule has 76 heavy (non-hydrogen) atoms. The van der Waals surface area contributed by atoms with E-state index in [4.69, 9.17) is 223 Å². The number of hydrogen-bond acceptors (Lipinski definition) is 9. The van der Waals surface area contributed by atoms with Gasteiger partial charge in [0, 0.05) is 0 Å². The van der Waals surface area contributed by atoms with Crippen molar-refractivity contribution in [3.05, 3.63) is 30.2 Å². The average molecular weight is 1410 g/mol. The zero-order valence-corrected chi connectivity index (χ0v) is 52.4. The highest BCUT2D eigenvalue weighted by atomic mass is 35.5. The van der Waals surface area contributed by atoms with Crippen molar-refractivity contribution in [1.29, 1.82) is 0 Å². The van der Waals surface area contributed by atoms with Crippen molar-refractivity contribution in [3.63, 3.8) is 0 Å². The Kier molecular flexibility index (Phi) is 13.6. The molecule has 0 radical (unpaired) electrons. The van der Waals surface area contributed by atoms with Crippen molar-refractivity contribution in [1.82, 2.24) is 14.7 Å². The summed E-state index contributed by atoms with van der Waals surface area (Å²) in [5.41, 5.74) is 0. The first-order valence-corrected chi connectivity index (χ1v) is 30.7. The van der Waals surface area contributed by atoms with E-state index in [1.54, 1.807) is 20.8 Å². The Labute approximate surface area is 525 Å². The third-order valence-electron chi connectivity index (χ3n) is 20.1. The predicted molar refractivity (Wildman–Crippen MR) is 293 cm³/mol. The number of allylic oxidation sites excluding steroid dienone is 6. The van der Waals surface area contributed by atoms with Crippen LogP contribution in [0.1, 0.15) is 40.0 Å². The van der Waals surface area contributed by atoms with Gasteiger partial charge in [-0.05, 0) is 72.5 Å². The van der Waals surface area contributed by atoms with E-state index in [-0.39, 0.29) is 49.5 Å². The maximum atomic E-state index is 14.5. The Morgan fingerprint density at radius 3 is 0.816 bits per heavy atom. The highest BCUT2D eigenvalue weighted by Crippen LogP contribution is 2.83. The minimum Gasteiger partial charge on any atom is -0.367 e. The third kappa shape index (κ3) is 6.14. The molecule has 21 atom stereocenters. The summed E-state index contributed by atoms with van der Waals surface area (Å²) < 4.78 is 12.4. The van der Waals surface area contributed by atoms with Gasteiger partial charge in [0.15, 0.2) is 13.0 Å². The van der Waals surface area contributed by atoms with E-state index in [9.17, 15) is 28.8 Å². The first-order valence-electron chi connectivity index (χ1n) is 23.9. The van der Waals surface area contributed by atoms with Gasteiger partial charge >= 0.3 is 7.32 Å². The highest BCUT2D eigenvalue weighted by Gasteiger charge is 2.88. The van der Waals surface area contributed by atoms with Gasteiger partial charge in [0.05, 0.1) is 65.7 Å². The van der Waals surface area contributed by atoms with Crippen LogP contribution in [-0.4, -0.2) is 120 Å². The summed E-state index contributed by atoms with van der Waals surface area (Å²) in [4.78, 5) is 78.9. The molecule has 12 aliphatic rings. The van der Waals surface area contributed by atoms with Crippen LogP contribution < -0.4 is 0 Å². The van der Waals surface area contributed by atoms with Gasteiger partial charge in [-0.3, -0.25) is 43.5 Å². The van der Waals surface area contributed by atoms with Gasteiger partial charge in [-0.1, -0.05) is 160 Å². The molecule has 12 nitrogen and oxygen atoms in total. The van der Waals surface area contributed by atoms with Gasteiger partial charge in [0.2, 0.25) is 35.4 Å². The largest absolute Gasteiger partial charge is 0.643 e. The third-order valence-corrected chi connectivity index (χ3v) is 33.1. The van der Waals surface area contributed by atoms with Crippen LogP contribution in [0.2, 0.25) is 0 Å². The molecule has 21 unspecified atom stereocenters. The van der Waals surface area contributed by atoms with Gasteiger partial charge in [0.25, 0.3) is 0 Å². The molecule has 9 fully saturated rings. The first kappa shape index (κ1) is 58.2. The normalized spacial score (nSPS) is 50.5. The fourth-order valence-corrected chi connectivity index (χ4v) is 26.4. The fraction of sp³-hybridized carbons (Fsp3) is 0.733. The molecular formula is C45H36BCl18N3O9. The van der Waals surface area contributed by atoms with Crippen molar-refractivity contribution >= 4 is 252 Å². The molecule has 3 saturated heterocycles. The van der Waals surface area contributed by atoms with Crippen LogP contribution in [0.3, 0.4) is 0 Å². The van der Waals surface area contributed by atoms with Crippen LogP contribution in [0.4, 0.5) is 0 Å². The zero-order chi connectivity index (χ0) is 55.8. The lowest BCUT2D eigenvalue weighted by molar-refractivity contribution is -0.145. The Balaban J connectivity index is 0.802. The fourth-order valence-electron chi connectivity index (χ4n) is 16.9. The van der Waals surface area contributed by atoms with E-state index in [1.807, 2.05) is 0 Å². The summed E-state index contributed by atoms with van der Waals surface area (Å²) >= 11 is 125. The number of halogens is 18. The summed E-state index contributed by atoms with van der Waals surface area (Å²) in [6.45, 7) is 2.69. The van der Waals surface area contributed by atoms with Crippen molar-refractivity contribution in [2.24, 2.45) is 88.8 Å². The van der Waals surface area contributed by atoms with E-state index in [1.165, 1.54) is 0 Å². The first-order chi connectivity index (χ1) is 35.0. The molecule has 0 aromatic heterocycles. The van der Waals surface area contributed by atoms with E-state index >= 15 is 0 Å². The standard InChI is InChI=1S/C45H36BCl18N3O9/c1-10-19-13(4-16-22(10)40(56)28(50)25(47)37(16,53)43(40,59)60)31(68)65(34(19)71)7-74-46(75-8-66-32(69)14-5-17-23(11(2)20(14)35(66)72)41(57)29(51)26(48)38(17,54)44(41,61)62)76-9-67-33(70)15-6-18-24(12(3)21(15)36(67)73)42(58)30(52)27(49)39(18,55)45(42,63)64/h10-24H,4-9H2,1-3H3. The topological polar surface area (TPSA) is 140 Å². The van der Waals surface area contributed by atoms with E-state index in [0.29, 0.717) is 0 Å². The van der Waals surface area contributed by atoms with Crippen LogP contribution in [0.15, 0.2) is 30.2 Å². The van der Waals surface area contributed by atoms with Gasteiger partial charge in [0.1, 0.15) is 49.4 Å². The summed E-state index contributed by atoms with van der Waals surface area (Å²) in [7, 11) is -1.99. The Bertz CT molecular complexity index is 2620. The number of likely N-dealkylation sites (tertiary alicyclic amines) is 3. The quantitative estimate of drug-likeness (QED) is 0.125. The molecule has 12 rings (SSSR count). The molecule has 31 heteroatoms. The second kappa shape index (κ2) is 17.7. The minimum atomic E-state index is -1.99. The SMILES string of the molecule is CC1C2C(=O)N(COB(OCN3C(=O)C4CC5C(C(C)C4C3=O)C3(Cl)C(Cl)=C(Cl)C5(Cl)C3(Cl)Cl)OCN3C(=O)C4CC5C(C(C)C4C3=O)C3(Cl)C(Cl)=C(Cl)C5(Cl)C3(Cl)Cl)C(=O)C2CC2C1C1(Cl)C(Cl)=C(Cl)C2(Cl)C1(Cl)Cl. The number of fused-ring (bicyclic) bond motifs is 18. The molecule has 0 spiro atoms. The van der Waals surface area contributed by atoms with Gasteiger partial charge in [-0.15, -0.1) is 69.6 Å². The van der Waals surface area contributed by atoms with Crippen LogP contribution in [0, 0.1) is 88.8 Å². The Morgan fingerprint density at radius 1 is 0.382 bits per heavy atom. The molecule has 3 heterocycles. The van der Waals surface area contributed by atoms with E-state index < -0.39 is 194 Å². The van der Waals surface area contributed by atoms with Gasteiger partial charge in [-0.25, -0.2) is 0 Å². The molecule has 0 aromatic carbocycles. The smallest absolute Gasteiger partial charge is 0.367 e. The van der Waals surface area contributed by atoms with E-state index in [0.717, 1.165) is 14.7 Å². The molecule has 414 valence electrons. The van der Waals surface area contributed by atoms with Gasteiger partial charge < -0.3 is 14.0 Å². The summed E-state index contributed by atoms with van der Waals surface area (Å²) in [5.74, 6) is -16.2. The van der Waals surface area contributed by atoms with Crippen LogP contribution in [-0.2, 0) is 42.7 Å². The second-order valence-electron chi connectivity index (χ2n) is 22.4. The second-order valence-corrected chi connectivity index (χ2v) is 32.3. The monoisotopic (exact) mass is 1400 g/mol. The summed E-state index contributed by atoms with van der Waals surface area (Å²) in [6.07, 6.45) is -0.0361. The van der Waals surface area contributed by atoms with Crippen LogP contribution in [0.25, 0.3) is 0 Å². The molecule has 3 aliphatic heterocycles. The number of alkyl halides is 12. The maximum absolute atomic E-state index is 14.5. The Morgan fingerprint density at radius 2 is 0.592 bits per heavy atom. The maximum Gasteiger partial charge on any atom is 0.643 e. The number of carbonyl (C=O) groups excluding carboxylic acids is 6. The molecule has 6 bridgehead atoms. The lowest BCUT2D eigenvalue weighted by atomic mass is 9.60. The number of amides is 6. The van der Waals surface area contributed by atoms with Crippen molar-refractivity contribution < 1.29 is 42.7 Å². The van der Waals surface area contributed by atoms with Crippen LogP contribution in [0.5, 0.6) is 0 Å². The number of hydrogen-bond donors (Lipinski definition) is 0. The number of rotatable bonds is 9. The van der Waals surface area contributed by atoms with Gasteiger partial charge in [-0.2, -0.15) is 0 Å². The molecule has 0 aromatic rings. The predicted octanol–water partition coefficient (Wildman–Crippen LogP) is 12.1. The lowest BCUT2D eigenvalue weighted by Crippen LogP contribution is -2.49. The molecule has 0 N–H and O–H groups in total. The molecule has 9 aliphatic carbocycles. The number of nitrogens with zero attached hydrogens (tertiary/aromatic N) is 3.